The molecule has 0 saturated heterocycles. The second kappa shape index (κ2) is 5.67. The Morgan fingerprint density at radius 2 is 2.14 bits per heavy atom. The molecule has 1 atom stereocenters. The highest BCUT2D eigenvalue weighted by Gasteiger charge is 2.21. The van der Waals surface area contributed by atoms with Crippen molar-refractivity contribution in [1.29, 1.82) is 0 Å². The summed E-state index contributed by atoms with van der Waals surface area (Å²) >= 11 is 0. The second-order valence-electron chi connectivity index (χ2n) is 6.07. The van der Waals surface area contributed by atoms with E-state index in [0.717, 1.165) is 11.2 Å². The number of rotatable bonds is 4. The van der Waals surface area contributed by atoms with Gasteiger partial charge < -0.3 is 10.1 Å². The molecule has 0 aliphatic rings. The van der Waals surface area contributed by atoms with Gasteiger partial charge >= 0.3 is 5.97 Å². The van der Waals surface area contributed by atoms with E-state index in [1.165, 1.54) is 18.1 Å². The summed E-state index contributed by atoms with van der Waals surface area (Å²) in [6, 6.07) is 0.222. The molecule has 0 spiro atoms. The van der Waals surface area contributed by atoms with Crippen molar-refractivity contribution in [3.63, 3.8) is 0 Å². The Morgan fingerprint density at radius 3 is 2.76 bits per heavy atom. The predicted molar refractivity (Wildman–Crippen MR) is 79.9 cm³/mol. The van der Waals surface area contributed by atoms with Crippen LogP contribution in [-0.2, 0) is 16.1 Å². The molecule has 0 saturated carbocycles. The van der Waals surface area contributed by atoms with E-state index < -0.39 is 0 Å². The van der Waals surface area contributed by atoms with E-state index in [2.05, 4.69) is 52.8 Å². The second-order valence-corrected chi connectivity index (χ2v) is 6.07. The maximum Gasteiger partial charge on any atom is 0.327 e. The standard InChI is InChI=1S/C14H21N5O2/c1-9(14(2,3)4)18-12-10-6-17-19(7-11(20)21-5)13(10)16-8-15-12/h6,8-9H,7H2,1-5H3,(H,15,16,18). The normalized spacial score (nSPS) is 13.2. The first kappa shape index (κ1) is 15.2. The first-order valence-electron chi connectivity index (χ1n) is 6.83. The number of aromatic nitrogens is 4. The summed E-state index contributed by atoms with van der Waals surface area (Å²) in [7, 11) is 1.35. The number of methoxy groups -OCH3 is 1. The van der Waals surface area contributed by atoms with Gasteiger partial charge in [0.25, 0.3) is 0 Å². The van der Waals surface area contributed by atoms with Gasteiger partial charge in [0, 0.05) is 6.04 Å². The van der Waals surface area contributed by atoms with Crippen molar-refractivity contribution in [3.05, 3.63) is 12.5 Å². The molecular formula is C14H21N5O2. The third-order valence-corrected chi connectivity index (χ3v) is 3.59. The molecule has 2 aromatic heterocycles. The lowest BCUT2D eigenvalue weighted by Gasteiger charge is -2.28. The summed E-state index contributed by atoms with van der Waals surface area (Å²) in [6.45, 7) is 8.61. The van der Waals surface area contributed by atoms with Crippen LogP contribution in [-0.4, -0.2) is 38.9 Å². The van der Waals surface area contributed by atoms with Crippen LogP contribution in [0.4, 0.5) is 5.82 Å². The molecule has 0 fully saturated rings. The van der Waals surface area contributed by atoms with Gasteiger partial charge in [0.1, 0.15) is 18.7 Å². The van der Waals surface area contributed by atoms with Gasteiger partial charge in [0.15, 0.2) is 5.65 Å². The summed E-state index contributed by atoms with van der Waals surface area (Å²) in [4.78, 5) is 19.9. The number of hydrogen-bond acceptors (Lipinski definition) is 6. The Labute approximate surface area is 123 Å². The monoisotopic (exact) mass is 291 g/mol. The lowest BCUT2D eigenvalue weighted by atomic mass is 9.88. The fraction of sp³-hybridized carbons (Fsp3) is 0.571. The largest absolute Gasteiger partial charge is 0.468 e. The van der Waals surface area contributed by atoms with E-state index in [1.54, 1.807) is 6.20 Å². The first-order chi connectivity index (χ1) is 9.82. The third kappa shape index (κ3) is 3.29. The van der Waals surface area contributed by atoms with Gasteiger partial charge in [-0.1, -0.05) is 20.8 Å². The SMILES string of the molecule is COC(=O)Cn1ncc2c(NC(C)C(C)(C)C)ncnc21. The number of nitrogens with one attached hydrogen (secondary N) is 1. The smallest absolute Gasteiger partial charge is 0.327 e. The van der Waals surface area contributed by atoms with Gasteiger partial charge in [-0.2, -0.15) is 5.10 Å². The number of anilines is 1. The van der Waals surface area contributed by atoms with Gasteiger partial charge in [0.05, 0.1) is 18.7 Å². The van der Waals surface area contributed by atoms with Crippen LogP contribution in [0.25, 0.3) is 11.0 Å². The zero-order valence-corrected chi connectivity index (χ0v) is 13.0. The number of hydrogen-bond donors (Lipinski definition) is 1. The Bertz CT molecular complexity index is 644. The molecule has 7 heteroatoms. The Morgan fingerprint density at radius 1 is 1.43 bits per heavy atom. The summed E-state index contributed by atoms with van der Waals surface area (Å²) in [5, 5.41) is 8.36. The minimum atomic E-state index is -0.365. The molecule has 2 rings (SSSR count). The van der Waals surface area contributed by atoms with Crippen LogP contribution in [0.1, 0.15) is 27.7 Å². The summed E-state index contributed by atoms with van der Waals surface area (Å²) in [6.07, 6.45) is 3.13. The third-order valence-electron chi connectivity index (χ3n) is 3.59. The van der Waals surface area contributed by atoms with Crippen LogP contribution in [0.15, 0.2) is 12.5 Å². The molecule has 0 aliphatic heterocycles. The van der Waals surface area contributed by atoms with Crippen LogP contribution in [0.3, 0.4) is 0 Å². The van der Waals surface area contributed by atoms with Crippen LogP contribution in [0.5, 0.6) is 0 Å². The zero-order chi connectivity index (χ0) is 15.6. The fourth-order valence-electron chi connectivity index (χ4n) is 1.73. The number of fused-ring (bicyclic) bond motifs is 1. The molecule has 21 heavy (non-hydrogen) atoms. The lowest BCUT2D eigenvalue weighted by molar-refractivity contribution is -0.141. The van der Waals surface area contributed by atoms with Crippen molar-refractivity contribution in [1.82, 2.24) is 19.7 Å². The van der Waals surface area contributed by atoms with Gasteiger partial charge in [-0.3, -0.25) is 4.79 Å². The van der Waals surface area contributed by atoms with Gasteiger partial charge in [0.2, 0.25) is 0 Å². The fourth-order valence-corrected chi connectivity index (χ4v) is 1.73. The Kier molecular flexibility index (Phi) is 4.11. The van der Waals surface area contributed by atoms with Crippen LogP contribution < -0.4 is 5.32 Å². The highest BCUT2D eigenvalue weighted by Crippen LogP contribution is 2.25. The maximum absolute atomic E-state index is 11.4. The summed E-state index contributed by atoms with van der Waals surface area (Å²) in [5.41, 5.74) is 0.707. The number of esters is 1. The summed E-state index contributed by atoms with van der Waals surface area (Å²) < 4.78 is 6.16. The molecule has 2 heterocycles. The van der Waals surface area contributed by atoms with Gasteiger partial charge in [-0.05, 0) is 12.3 Å². The number of nitrogens with zero attached hydrogens (tertiary/aromatic N) is 4. The van der Waals surface area contributed by atoms with Crippen molar-refractivity contribution in [2.75, 3.05) is 12.4 Å². The molecule has 0 aliphatic carbocycles. The highest BCUT2D eigenvalue weighted by molar-refractivity contribution is 5.87. The average Bonchev–Trinajstić information content (AvgIpc) is 2.82. The van der Waals surface area contributed by atoms with Crippen molar-refractivity contribution in [2.45, 2.75) is 40.3 Å². The van der Waals surface area contributed by atoms with Crippen LogP contribution >= 0.6 is 0 Å². The van der Waals surface area contributed by atoms with Crippen molar-refractivity contribution in [2.24, 2.45) is 5.41 Å². The van der Waals surface area contributed by atoms with Crippen molar-refractivity contribution >= 4 is 22.8 Å². The van der Waals surface area contributed by atoms with E-state index in [0.29, 0.717) is 5.65 Å². The number of carbonyl (C=O) groups is 1. The van der Waals surface area contributed by atoms with Crippen LogP contribution in [0.2, 0.25) is 0 Å². The number of ether oxygens (including phenoxy) is 1. The first-order valence-corrected chi connectivity index (χ1v) is 6.83. The zero-order valence-electron chi connectivity index (χ0n) is 13.0. The topological polar surface area (TPSA) is 81.9 Å². The van der Waals surface area contributed by atoms with Gasteiger partial charge in [-0.25, -0.2) is 14.6 Å². The summed E-state index contributed by atoms with van der Waals surface area (Å²) in [5.74, 6) is 0.356. The molecule has 0 radical (unpaired) electrons. The van der Waals surface area contributed by atoms with E-state index >= 15 is 0 Å². The molecule has 0 aromatic carbocycles. The molecule has 114 valence electrons. The minimum absolute atomic E-state index is 0.0330. The van der Waals surface area contributed by atoms with Crippen LogP contribution in [0, 0.1) is 5.41 Å². The number of carbonyl (C=O) groups excluding carboxylic acids is 1. The molecule has 0 amide bonds. The Hall–Kier alpha value is -2.18. The van der Waals surface area contributed by atoms with Crippen molar-refractivity contribution < 1.29 is 9.53 Å². The minimum Gasteiger partial charge on any atom is -0.468 e. The quantitative estimate of drug-likeness (QED) is 0.866. The molecule has 1 N–H and O–H groups in total. The molecule has 2 aromatic rings. The molecule has 7 nitrogen and oxygen atoms in total. The van der Waals surface area contributed by atoms with E-state index in [1.807, 2.05) is 0 Å². The van der Waals surface area contributed by atoms with E-state index in [4.69, 9.17) is 0 Å². The van der Waals surface area contributed by atoms with Crippen molar-refractivity contribution in [3.8, 4) is 0 Å². The Balaban J connectivity index is 2.33. The van der Waals surface area contributed by atoms with E-state index in [-0.39, 0.29) is 24.0 Å². The maximum atomic E-state index is 11.4. The predicted octanol–water partition coefficient (Wildman–Crippen LogP) is 1.85. The average molecular weight is 291 g/mol. The van der Waals surface area contributed by atoms with Gasteiger partial charge in [-0.15, -0.1) is 0 Å². The lowest BCUT2D eigenvalue weighted by Crippen LogP contribution is -2.31. The molecule has 0 bridgehead atoms. The highest BCUT2D eigenvalue weighted by atomic mass is 16.5. The molecule has 1 unspecified atom stereocenters. The molecular weight excluding hydrogens is 270 g/mol. The van der Waals surface area contributed by atoms with E-state index in [9.17, 15) is 4.79 Å².